The summed E-state index contributed by atoms with van der Waals surface area (Å²) in [6.07, 6.45) is 5.19. The van der Waals surface area contributed by atoms with Crippen LogP contribution in [0.15, 0.2) is 0 Å². The van der Waals surface area contributed by atoms with Crippen LogP contribution >= 0.6 is 0 Å². The molecular weight excluding hydrogens is 270 g/mol. The van der Waals surface area contributed by atoms with E-state index in [1.165, 1.54) is 19.3 Å². The predicted octanol–water partition coefficient (Wildman–Crippen LogP) is 1.85. The highest BCUT2D eigenvalue weighted by molar-refractivity contribution is 4.82. The van der Waals surface area contributed by atoms with Gasteiger partial charge < -0.3 is 24.3 Å². The van der Waals surface area contributed by atoms with Crippen molar-refractivity contribution in [3.8, 4) is 0 Å². The molecule has 1 fully saturated rings. The monoisotopic (exact) mass is 303 g/mol. The van der Waals surface area contributed by atoms with E-state index in [1.807, 2.05) is 0 Å². The summed E-state index contributed by atoms with van der Waals surface area (Å²) in [5, 5.41) is 3.58. The molecule has 2 atom stereocenters. The van der Waals surface area contributed by atoms with E-state index >= 15 is 0 Å². The van der Waals surface area contributed by atoms with Gasteiger partial charge in [0.2, 0.25) is 0 Å². The third-order valence-electron chi connectivity index (χ3n) is 3.93. The summed E-state index contributed by atoms with van der Waals surface area (Å²) in [6, 6.07) is 0.707. The highest BCUT2D eigenvalue weighted by atomic mass is 16.6. The van der Waals surface area contributed by atoms with E-state index in [0.717, 1.165) is 25.5 Å². The number of rotatable bonds is 14. The fourth-order valence-corrected chi connectivity index (χ4v) is 2.83. The Labute approximate surface area is 129 Å². The summed E-state index contributed by atoms with van der Waals surface area (Å²) < 4.78 is 21.3. The molecule has 1 saturated carbocycles. The Morgan fingerprint density at radius 1 is 0.857 bits per heavy atom. The molecule has 0 aromatic carbocycles. The minimum absolute atomic E-state index is 0.621. The Morgan fingerprint density at radius 2 is 1.48 bits per heavy atom. The van der Waals surface area contributed by atoms with E-state index in [9.17, 15) is 0 Å². The van der Waals surface area contributed by atoms with Gasteiger partial charge in [0.1, 0.15) is 0 Å². The molecule has 1 rings (SSSR count). The summed E-state index contributed by atoms with van der Waals surface area (Å²) in [6.45, 7) is 7.94. The second kappa shape index (κ2) is 13.5. The van der Waals surface area contributed by atoms with E-state index in [-0.39, 0.29) is 0 Å². The molecule has 0 amide bonds. The lowest BCUT2D eigenvalue weighted by Crippen LogP contribution is -2.32. The van der Waals surface area contributed by atoms with Crippen molar-refractivity contribution in [1.82, 2.24) is 5.32 Å². The highest BCUT2D eigenvalue weighted by Crippen LogP contribution is 2.28. The lowest BCUT2D eigenvalue weighted by Gasteiger charge is -2.20. The van der Waals surface area contributed by atoms with E-state index in [1.54, 1.807) is 7.11 Å². The van der Waals surface area contributed by atoms with Crippen LogP contribution in [0.5, 0.6) is 0 Å². The largest absolute Gasteiger partial charge is 0.382 e. The quantitative estimate of drug-likeness (QED) is 0.496. The highest BCUT2D eigenvalue weighted by Gasteiger charge is 2.25. The molecule has 5 heteroatoms. The van der Waals surface area contributed by atoms with Gasteiger partial charge in [0, 0.05) is 19.8 Å². The third kappa shape index (κ3) is 9.42. The smallest absolute Gasteiger partial charge is 0.0701 e. The lowest BCUT2D eigenvalue weighted by atomic mass is 10.0. The number of nitrogens with one attached hydrogen (secondary N) is 1. The van der Waals surface area contributed by atoms with Crippen molar-refractivity contribution in [3.05, 3.63) is 0 Å². The van der Waals surface area contributed by atoms with E-state index in [4.69, 9.17) is 18.9 Å². The molecular formula is C16H33NO4. The van der Waals surface area contributed by atoms with Crippen LogP contribution in [0.3, 0.4) is 0 Å². The minimum Gasteiger partial charge on any atom is -0.382 e. The molecule has 21 heavy (non-hydrogen) atoms. The van der Waals surface area contributed by atoms with Gasteiger partial charge in [-0.2, -0.15) is 0 Å². The second-order valence-corrected chi connectivity index (χ2v) is 5.47. The third-order valence-corrected chi connectivity index (χ3v) is 3.93. The standard InChI is InChI=1S/C16H33NO4/c1-3-17-16-6-4-5-15(16)7-8-19-11-12-21-14-13-20-10-9-18-2/h15-17H,3-14H2,1-2H3. The van der Waals surface area contributed by atoms with Crippen LogP contribution in [0.1, 0.15) is 32.6 Å². The summed E-state index contributed by atoms with van der Waals surface area (Å²) in [5.41, 5.74) is 0. The molecule has 0 aliphatic heterocycles. The molecule has 0 radical (unpaired) electrons. The maximum absolute atomic E-state index is 5.65. The maximum atomic E-state index is 5.65. The molecule has 126 valence electrons. The number of hydrogen-bond donors (Lipinski definition) is 1. The topological polar surface area (TPSA) is 49.0 Å². The predicted molar refractivity (Wildman–Crippen MR) is 83.8 cm³/mol. The van der Waals surface area contributed by atoms with E-state index in [0.29, 0.717) is 45.7 Å². The van der Waals surface area contributed by atoms with Crippen LogP contribution in [0.25, 0.3) is 0 Å². The number of ether oxygens (including phenoxy) is 4. The first kappa shape index (κ1) is 18.8. The lowest BCUT2D eigenvalue weighted by molar-refractivity contribution is 0.00191. The molecule has 1 N–H and O–H groups in total. The Kier molecular flexibility index (Phi) is 12.1. The zero-order chi connectivity index (χ0) is 15.2. The van der Waals surface area contributed by atoms with E-state index in [2.05, 4.69) is 12.2 Å². The average Bonchev–Trinajstić information content (AvgIpc) is 2.92. The first-order chi connectivity index (χ1) is 10.4. The summed E-state index contributed by atoms with van der Waals surface area (Å²) in [4.78, 5) is 0. The van der Waals surface area contributed by atoms with Gasteiger partial charge in [0.25, 0.3) is 0 Å². The Hall–Kier alpha value is -0.200. The number of hydrogen-bond acceptors (Lipinski definition) is 5. The fourth-order valence-electron chi connectivity index (χ4n) is 2.83. The van der Waals surface area contributed by atoms with Crippen molar-refractivity contribution >= 4 is 0 Å². The molecule has 0 heterocycles. The molecule has 1 aliphatic carbocycles. The van der Waals surface area contributed by atoms with Crippen molar-refractivity contribution < 1.29 is 18.9 Å². The maximum Gasteiger partial charge on any atom is 0.0701 e. The normalized spacial score (nSPS) is 22.0. The summed E-state index contributed by atoms with van der Waals surface area (Å²) >= 11 is 0. The zero-order valence-corrected chi connectivity index (χ0v) is 13.8. The first-order valence-corrected chi connectivity index (χ1v) is 8.34. The first-order valence-electron chi connectivity index (χ1n) is 8.34. The molecule has 0 aromatic heterocycles. The molecule has 1 aliphatic rings. The van der Waals surface area contributed by atoms with Gasteiger partial charge in [-0.25, -0.2) is 0 Å². The molecule has 2 unspecified atom stereocenters. The molecule has 0 saturated heterocycles. The van der Waals surface area contributed by atoms with Crippen molar-refractivity contribution in [3.63, 3.8) is 0 Å². The van der Waals surface area contributed by atoms with Gasteiger partial charge in [-0.05, 0) is 31.7 Å². The second-order valence-electron chi connectivity index (χ2n) is 5.47. The van der Waals surface area contributed by atoms with Crippen LogP contribution in [0.2, 0.25) is 0 Å². The fraction of sp³-hybridized carbons (Fsp3) is 1.00. The van der Waals surface area contributed by atoms with E-state index < -0.39 is 0 Å². The van der Waals surface area contributed by atoms with Gasteiger partial charge in [-0.3, -0.25) is 0 Å². The van der Waals surface area contributed by atoms with Crippen LogP contribution in [-0.2, 0) is 18.9 Å². The Morgan fingerprint density at radius 3 is 2.10 bits per heavy atom. The van der Waals surface area contributed by atoms with Crippen molar-refractivity contribution in [2.45, 2.75) is 38.6 Å². The van der Waals surface area contributed by atoms with Crippen molar-refractivity contribution in [2.75, 3.05) is 59.9 Å². The SMILES string of the molecule is CCNC1CCCC1CCOCCOCCOCCOC. The van der Waals surface area contributed by atoms with Crippen LogP contribution < -0.4 is 5.32 Å². The molecule has 0 spiro atoms. The molecule has 5 nitrogen and oxygen atoms in total. The molecule has 0 bridgehead atoms. The summed E-state index contributed by atoms with van der Waals surface area (Å²) in [5.74, 6) is 0.792. The Balaban J connectivity index is 1.82. The van der Waals surface area contributed by atoms with Gasteiger partial charge in [0.05, 0.1) is 39.6 Å². The van der Waals surface area contributed by atoms with Gasteiger partial charge in [0.15, 0.2) is 0 Å². The Bertz CT molecular complexity index is 228. The average molecular weight is 303 g/mol. The minimum atomic E-state index is 0.621. The van der Waals surface area contributed by atoms with Gasteiger partial charge in [-0.1, -0.05) is 13.3 Å². The van der Waals surface area contributed by atoms with Gasteiger partial charge in [-0.15, -0.1) is 0 Å². The van der Waals surface area contributed by atoms with Crippen LogP contribution in [0.4, 0.5) is 0 Å². The van der Waals surface area contributed by atoms with Crippen molar-refractivity contribution in [1.29, 1.82) is 0 Å². The zero-order valence-electron chi connectivity index (χ0n) is 13.8. The summed E-state index contributed by atoms with van der Waals surface area (Å²) in [7, 11) is 1.67. The van der Waals surface area contributed by atoms with Crippen LogP contribution in [0, 0.1) is 5.92 Å². The van der Waals surface area contributed by atoms with Gasteiger partial charge >= 0.3 is 0 Å². The van der Waals surface area contributed by atoms with Crippen LogP contribution in [-0.4, -0.2) is 65.9 Å². The number of methoxy groups -OCH3 is 1. The molecule has 0 aromatic rings. The van der Waals surface area contributed by atoms with Crippen molar-refractivity contribution in [2.24, 2.45) is 5.92 Å².